The maximum atomic E-state index is 12.1. The van der Waals surface area contributed by atoms with Crippen LogP contribution in [0.5, 0.6) is 5.75 Å². The van der Waals surface area contributed by atoms with Crippen LogP contribution >= 0.6 is 0 Å². The monoisotopic (exact) mass is 261 g/mol. The number of methoxy groups -OCH3 is 1. The average Bonchev–Trinajstić information content (AvgIpc) is 2.81. The second-order valence-electron chi connectivity index (χ2n) is 3.97. The van der Waals surface area contributed by atoms with E-state index in [1.165, 1.54) is 7.11 Å². The fraction of sp³-hybridized carbons (Fsp3) is 0.250. The molecule has 1 heterocycles. The van der Waals surface area contributed by atoms with Crippen LogP contribution in [0.2, 0.25) is 0 Å². The van der Waals surface area contributed by atoms with Crippen LogP contribution in [0, 0.1) is 0 Å². The van der Waals surface area contributed by atoms with Crippen LogP contribution in [0.1, 0.15) is 16.2 Å². The lowest BCUT2D eigenvalue weighted by Crippen LogP contribution is -2.25. The highest BCUT2D eigenvalue weighted by Gasteiger charge is 2.14. The number of nitrogens with two attached hydrogens (primary N) is 1. The Balaban J connectivity index is 2.12. The zero-order chi connectivity index (χ0) is 13.8. The van der Waals surface area contributed by atoms with Crippen LogP contribution < -0.4 is 15.8 Å². The number of nitrogens with zero attached hydrogens (tertiary/aromatic N) is 3. The Bertz CT molecular complexity index is 594. The van der Waals surface area contributed by atoms with E-state index in [0.29, 0.717) is 22.8 Å². The van der Waals surface area contributed by atoms with Gasteiger partial charge in [0.05, 0.1) is 24.9 Å². The van der Waals surface area contributed by atoms with Crippen molar-refractivity contribution in [2.45, 2.75) is 6.54 Å². The van der Waals surface area contributed by atoms with E-state index in [-0.39, 0.29) is 12.5 Å². The van der Waals surface area contributed by atoms with Crippen molar-refractivity contribution in [2.24, 2.45) is 7.05 Å². The number of anilines is 1. The molecule has 100 valence electrons. The van der Waals surface area contributed by atoms with Gasteiger partial charge in [-0.2, -0.15) is 0 Å². The van der Waals surface area contributed by atoms with Gasteiger partial charge in [0.2, 0.25) is 0 Å². The predicted molar refractivity (Wildman–Crippen MR) is 69.6 cm³/mol. The van der Waals surface area contributed by atoms with E-state index in [4.69, 9.17) is 10.5 Å². The second-order valence-corrected chi connectivity index (χ2v) is 3.97. The zero-order valence-electron chi connectivity index (χ0n) is 10.8. The van der Waals surface area contributed by atoms with E-state index in [9.17, 15) is 4.79 Å². The largest absolute Gasteiger partial charge is 0.494 e. The van der Waals surface area contributed by atoms with Gasteiger partial charge in [-0.05, 0) is 12.1 Å². The molecule has 0 aliphatic heterocycles. The average molecular weight is 261 g/mol. The quantitative estimate of drug-likeness (QED) is 0.774. The van der Waals surface area contributed by atoms with Crippen molar-refractivity contribution in [3.8, 4) is 5.75 Å². The third kappa shape index (κ3) is 2.65. The molecular weight excluding hydrogens is 246 g/mol. The molecule has 2 rings (SSSR count). The number of carbonyl (C=O) groups is 1. The number of nitrogen functional groups attached to an aromatic ring is 1. The summed E-state index contributed by atoms with van der Waals surface area (Å²) in [5.41, 5.74) is 6.57. The molecule has 0 aliphatic carbocycles. The van der Waals surface area contributed by atoms with E-state index >= 15 is 0 Å². The first-order chi connectivity index (χ1) is 9.13. The Kier molecular flexibility index (Phi) is 3.65. The number of hydrogen-bond acceptors (Lipinski definition) is 5. The zero-order valence-corrected chi connectivity index (χ0v) is 10.8. The fourth-order valence-electron chi connectivity index (χ4n) is 1.68. The Labute approximate surface area is 110 Å². The molecule has 7 nitrogen and oxygen atoms in total. The molecule has 1 aromatic heterocycles. The lowest BCUT2D eigenvalue weighted by molar-refractivity contribution is 0.0946. The van der Waals surface area contributed by atoms with Crippen molar-refractivity contribution < 1.29 is 9.53 Å². The first-order valence-corrected chi connectivity index (χ1v) is 5.67. The van der Waals surface area contributed by atoms with Gasteiger partial charge in [-0.15, -0.1) is 10.2 Å². The molecule has 0 atom stereocenters. The van der Waals surface area contributed by atoms with E-state index in [0.717, 1.165) is 0 Å². The fourth-order valence-corrected chi connectivity index (χ4v) is 1.68. The molecule has 3 N–H and O–H groups in total. The van der Waals surface area contributed by atoms with Crippen molar-refractivity contribution in [2.75, 3.05) is 12.8 Å². The standard InChI is InChI=1S/C12H15N5O2/c1-17-7-15-16-10(17)6-14-12(18)8-4-3-5-9(13)11(8)19-2/h3-5,7H,6,13H2,1-2H3,(H,14,18). The third-order valence-electron chi connectivity index (χ3n) is 2.71. The third-order valence-corrected chi connectivity index (χ3v) is 2.71. The Morgan fingerprint density at radius 1 is 1.53 bits per heavy atom. The van der Waals surface area contributed by atoms with Crippen LogP contribution in [0.3, 0.4) is 0 Å². The highest BCUT2D eigenvalue weighted by molar-refractivity contribution is 5.98. The number of aromatic nitrogens is 3. The lowest BCUT2D eigenvalue weighted by Gasteiger charge is -2.10. The van der Waals surface area contributed by atoms with E-state index in [1.807, 2.05) is 7.05 Å². The SMILES string of the molecule is COc1c(N)cccc1C(=O)NCc1nncn1C. The molecular formula is C12H15N5O2. The molecule has 0 unspecified atom stereocenters. The highest BCUT2D eigenvalue weighted by Crippen LogP contribution is 2.25. The topological polar surface area (TPSA) is 95.1 Å². The summed E-state index contributed by atoms with van der Waals surface area (Å²) in [6, 6.07) is 5.04. The Morgan fingerprint density at radius 2 is 2.32 bits per heavy atom. The molecule has 0 spiro atoms. The number of nitrogens with one attached hydrogen (secondary N) is 1. The number of ether oxygens (including phenoxy) is 1. The van der Waals surface area contributed by atoms with Crippen LogP contribution in [0.25, 0.3) is 0 Å². The van der Waals surface area contributed by atoms with Gasteiger partial charge >= 0.3 is 0 Å². The van der Waals surface area contributed by atoms with Crippen LogP contribution in [-0.4, -0.2) is 27.8 Å². The van der Waals surface area contributed by atoms with Gasteiger partial charge in [-0.3, -0.25) is 4.79 Å². The van der Waals surface area contributed by atoms with Crippen LogP contribution in [-0.2, 0) is 13.6 Å². The minimum Gasteiger partial charge on any atom is -0.494 e. The molecule has 0 saturated heterocycles. The normalized spacial score (nSPS) is 10.2. The molecule has 0 saturated carbocycles. The van der Waals surface area contributed by atoms with Crippen molar-refractivity contribution in [3.05, 3.63) is 35.9 Å². The van der Waals surface area contributed by atoms with Crippen molar-refractivity contribution >= 4 is 11.6 Å². The number of aryl methyl sites for hydroxylation is 1. The molecule has 7 heteroatoms. The minimum absolute atomic E-state index is 0.271. The summed E-state index contributed by atoms with van der Waals surface area (Å²) in [6.45, 7) is 0.285. The van der Waals surface area contributed by atoms with Gasteiger partial charge < -0.3 is 20.4 Å². The first kappa shape index (κ1) is 12.9. The van der Waals surface area contributed by atoms with Gasteiger partial charge in [0.1, 0.15) is 6.33 Å². The number of carbonyl (C=O) groups excluding carboxylic acids is 1. The summed E-state index contributed by atoms with van der Waals surface area (Å²) in [6.07, 6.45) is 1.57. The van der Waals surface area contributed by atoms with Crippen LogP contribution in [0.15, 0.2) is 24.5 Å². The number of benzene rings is 1. The van der Waals surface area contributed by atoms with Gasteiger partial charge in [0.15, 0.2) is 11.6 Å². The number of rotatable bonds is 4. The number of hydrogen-bond donors (Lipinski definition) is 2. The summed E-state index contributed by atoms with van der Waals surface area (Å²) in [5, 5.41) is 10.4. The van der Waals surface area contributed by atoms with Crippen LogP contribution in [0.4, 0.5) is 5.69 Å². The lowest BCUT2D eigenvalue weighted by atomic mass is 10.1. The molecule has 1 amide bonds. The maximum Gasteiger partial charge on any atom is 0.255 e. The Morgan fingerprint density at radius 3 is 2.95 bits per heavy atom. The minimum atomic E-state index is -0.271. The molecule has 19 heavy (non-hydrogen) atoms. The highest BCUT2D eigenvalue weighted by atomic mass is 16.5. The summed E-state index contributed by atoms with van der Waals surface area (Å²) < 4.78 is 6.87. The van der Waals surface area contributed by atoms with Crippen molar-refractivity contribution in [3.63, 3.8) is 0 Å². The van der Waals surface area contributed by atoms with E-state index < -0.39 is 0 Å². The van der Waals surface area contributed by atoms with Gasteiger partial charge in [0.25, 0.3) is 5.91 Å². The smallest absolute Gasteiger partial charge is 0.255 e. The summed E-state index contributed by atoms with van der Waals surface area (Å²) >= 11 is 0. The summed E-state index contributed by atoms with van der Waals surface area (Å²) in [5.74, 6) is 0.765. The van der Waals surface area contributed by atoms with Crippen molar-refractivity contribution in [1.29, 1.82) is 0 Å². The summed E-state index contributed by atoms with van der Waals surface area (Å²) in [4.78, 5) is 12.1. The molecule has 0 radical (unpaired) electrons. The van der Waals surface area contributed by atoms with Gasteiger partial charge in [0, 0.05) is 7.05 Å². The van der Waals surface area contributed by atoms with E-state index in [1.54, 1.807) is 29.1 Å². The molecule has 1 aromatic carbocycles. The van der Waals surface area contributed by atoms with E-state index in [2.05, 4.69) is 15.5 Å². The second kappa shape index (κ2) is 5.38. The predicted octanol–water partition coefficient (Wildman–Crippen LogP) is 0.336. The van der Waals surface area contributed by atoms with Gasteiger partial charge in [-0.25, -0.2) is 0 Å². The van der Waals surface area contributed by atoms with Crippen molar-refractivity contribution in [1.82, 2.24) is 20.1 Å². The Hall–Kier alpha value is -2.57. The summed E-state index contributed by atoms with van der Waals surface area (Å²) in [7, 11) is 3.29. The first-order valence-electron chi connectivity index (χ1n) is 5.67. The maximum absolute atomic E-state index is 12.1. The molecule has 0 bridgehead atoms. The number of para-hydroxylation sites is 1. The molecule has 0 fully saturated rings. The number of amides is 1. The van der Waals surface area contributed by atoms with Gasteiger partial charge in [-0.1, -0.05) is 6.07 Å². The molecule has 2 aromatic rings. The molecule has 0 aliphatic rings.